The molecule has 1 aromatic rings. The number of rotatable bonds is 5. The summed E-state index contributed by atoms with van der Waals surface area (Å²) < 4.78 is 5.29. The first-order valence-corrected chi connectivity index (χ1v) is 6.13. The van der Waals surface area contributed by atoms with Gasteiger partial charge in [-0.05, 0) is 37.6 Å². The van der Waals surface area contributed by atoms with Gasteiger partial charge in [0.05, 0.1) is 12.8 Å². The molecule has 0 fully saturated rings. The average Bonchev–Trinajstić information content (AvgIpc) is 2.37. The smallest absolute Gasteiger partial charge is 0.229 e. The molecule has 0 aromatic heterocycles. The van der Waals surface area contributed by atoms with E-state index >= 15 is 0 Å². The van der Waals surface area contributed by atoms with E-state index in [1.807, 2.05) is 32.0 Å². The molecule has 1 aromatic carbocycles. The maximum atomic E-state index is 12.2. The van der Waals surface area contributed by atoms with Crippen LogP contribution in [0.15, 0.2) is 18.2 Å². The number of carbonyl (C=O) groups is 1. The van der Waals surface area contributed by atoms with Crippen LogP contribution in [0.5, 0.6) is 5.75 Å². The normalized spacial score (nSPS) is 12.1. The Morgan fingerprint density at radius 1 is 1.50 bits per heavy atom. The largest absolute Gasteiger partial charge is 0.495 e. The maximum Gasteiger partial charge on any atom is 0.229 e. The van der Waals surface area contributed by atoms with Gasteiger partial charge in [0, 0.05) is 13.0 Å². The van der Waals surface area contributed by atoms with Crippen molar-refractivity contribution in [2.45, 2.75) is 20.3 Å². The summed E-state index contributed by atoms with van der Waals surface area (Å²) in [5.74, 6) is 0.686. The van der Waals surface area contributed by atoms with Crippen molar-refractivity contribution in [2.24, 2.45) is 11.7 Å². The van der Waals surface area contributed by atoms with Crippen LogP contribution in [0.2, 0.25) is 0 Å². The summed E-state index contributed by atoms with van der Waals surface area (Å²) >= 11 is 0. The van der Waals surface area contributed by atoms with Crippen LogP contribution >= 0.6 is 0 Å². The minimum atomic E-state index is -0.0785. The summed E-state index contributed by atoms with van der Waals surface area (Å²) in [6.45, 7) is 4.41. The number of aryl methyl sites for hydroxylation is 1. The third-order valence-corrected chi connectivity index (χ3v) is 3.05. The quantitative estimate of drug-likeness (QED) is 0.869. The Balaban J connectivity index is 2.98. The van der Waals surface area contributed by atoms with Crippen molar-refractivity contribution < 1.29 is 9.53 Å². The second-order valence-electron chi connectivity index (χ2n) is 4.55. The summed E-state index contributed by atoms with van der Waals surface area (Å²) in [6.07, 6.45) is 0.692. The second kappa shape index (κ2) is 6.40. The lowest BCUT2D eigenvalue weighted by Gasteiger charge is -2.23. The Hall–Kier alpha value is -1.55. The van der Waals surface area contributed by atoms with Gasteiger partial charge >= 0.3 is 0 Å². The lowest BCUT2D eigenvalue weighted by atomic mass is 10.1. The Morgan fingerprint density at radius 3 is 2.72 bits per heavy atom. The van der Waals surface area contributed by atoms with Gasteiger partial charge in [0.1, 0.15) is 5.75 Å². The van der Waals surface area contributed by atoms with Crippen LogP contribution in [0, 0.1) is 12.8 Å². The molecule has 1 unspecified atom stereocenters. The van der Waals surface area contributed by atoms with Crippen molar-refractivity contribution in [1.29, 1.82) is 0 Å². The van der Waals surface area contributed by atoms with Crippen molar-refractivity contribution in [3.05, 3.63) is 23.8 Å². The van der Waals surface area contributed by atoms with Crippen LogP contribution in [0.25, 0.3) is 0 Å². The van der Waals surface area contributed by atoms with E-state index in [9.17, 15) is 4.79 Å². The van der Waals surface area contributed by atoms with Crippen LogP contribution in [-0.2, 0) is 4.79 Å². The number of benzene rings is 1. The first-order valence-electron chi connectivity index (χ1n) is 6.13. The number of anilines is 1. The first-order chi connectivity index (χ1) is 8.51. The molecule has 4 nitrogen and oxygen atoms in total. The van der Waals surface area contributed by atoms with E-state index in [-0.39, 0.29) is 11.8 Å². The number of methoxy groups -OCH3 is 1. The summed E-state index contributed by atoms with van der Waals surface area (Å²) in [7, 11) is 3.38. The molecular weight excluding hydrogens is 228 g/mol. The van der Waals surface area contributed by atoms with E-state index in [2.05, 4.69) is 0 Å². The molecule has 0 radical (unpaired) electrons. The van der Waals surface area contributed by atoms with Gasteiger partial charge in [0.15, 0.2) is 0 Å². The third-order valence-electron chi connectivity index (χ3n) is 3.05. The van der Waals surface area contributed by atoms with Gasteiger partial charge in [-0.3, -0.25) is 4.79 Å². The SMILES string of the molecule is COc1ccc(C)cc1N(C)C(=O)C(C)CCN. The Morgan fingerprint density at radius 2 is 2.17 bits per heavy atom. The summed E-state index contributed by atoms with van der Waals surface area (Å²) in [6, 6.07) is 5.79. The van der Waals surface area contributed by atoms with Crippen LogP contribution in [0.4, 0.5) is 5.69 Å². The molecule has 1 amide bonds. The van der Waals surface area contributed by atoms with Crippen LogP contribution < -0.4 is 15.4 Å². The van der Waals surface area contributed by atoms with Gasteiger partial charge in [-0.2, -0.15) is 0 Å². The molecule has 0 saturated carbocycles. The Bertz CT molecular complexity index is 418. The molecule has 0 spiro atoms. The van der Waals surface area contributed by atoms with Crippen LogP contribution in [0.3, 0.4) is 0 Å². The molecule has 0 aliphatic heterocycles. The standard InChI is InChI=1S/C14H22N2O2/c1-10-5-6-13(18-4)12(9-10)16(3)14(17)11(2)7-8-15/h5-6,9,11H,7-8,15H2,1-4H3. The Labute approximate surface area is 109 Å². The molecule has 18 heavy (non-hydrogen) atoms. The van der Waals surface area contributed by atoms with Gasteiger partial charge in [-0.15, -0.1) is 0 Å². The number of hydrogen-bond donors (Lipinski definition) is 1. The van der Waals surface area contributed by atoms with E-state index in [1.54, 1.807) is 19.1 Å². The predicted molar refractivity (Wildman–Crippen MR) is 74.0 cm³/mol. The van der Waals surface area contributed by atoms with Crippen molar-refractivity contribution in [3.8, 4) is 5.75 Å². The number of amides is 1. The van der Waals surface area contributed by atoms with E-state index < -0.39 is 0 Å². The third kappa shape index (κ3) is 3.23. The van der Waals surface area contributed by atoms with Crippen molar-refractivity contribution >= 4 is 11.6 Å². The summed E-state index contributed by atoms with van der Waals surface area (Å²) in [5, 5.41) is 0. The van der Waals surface area contributed by atoms with Gasteiger partial charge in [-0.25, -0.2) is 0 Å². The fraction of sp³-hybridized carbons (Fsp3) is 0.500. The van der Waals surface area contributed by atoms with Gasteiger partial charge in [-0.1, -0.05) is 13.0 Å². The number of nitrogens with two attached hydrogens (primary N) is 1. The number of nitrogens with zero attached hydrogens (tertiary/aromatic N) is 1. The van der Waals surface area contributed by atoms with E-state index in [0.29, 0.717) is 18.7 Å². The molecule has 2 N–H and O–H groups in total. The van der Waals surface area contributed by atoms with Crippen molar-refractivity contribution in [1.82, 2.24) is 0 Å². The minimum absolute atomic E-state index is 0.0596. The zero-order valence-corrected chi connectivity index (χ0v) is 11.6. The predicted octanol–water partition coefficient (Wildman–Crippen LogP) is 1.95. The van der Waals surface area contributed by atoms with Gasteiger partial charge in [0.25, 0.3) is 0 Å². The highest BCUT2D eigenvalue weighted by Gasteiger charge is 2.20. The van der Waals surface area contributed by atoms with E-state index in [0.717, 1.165) is 11.3 Å². The highest BCUT2D eigenvalue weighted by molar-refractivity contribution is 5.95. The fourth-order valence-electron chi connectivity index (χ4n) is 1.88. The highest BCUT2D eigenvalue weighted by Crippen LogP contribution is 2.29. The van der Waals surface area contributed by atoms with E-state index in [1.165, 1.54) is 0 Å². The molecule has 0 heterocycles. The van der Waals surface area contributed by atoms with Gasteiger partial charge < -0.3 is 15.4 Å². The molecule has 0 aliphatic rings. The summed E-state index contributed by atoms with van der Waals surface area (Å²) in [5.41, 5.74) is 7.38. The molecule has 0 bridgehead atoms. The topological polar surface area (TPSA) is 55.6 Å². The van der Waals surface area contributed by atoms with Crippen molar-refractivity contribution in [3.63, 3.8) is 0 Å². The number of ether oxygens (including phenoxy) is 1. The van der Waals surface area contributed by atoms with Gasteiger partial charge in [0.2, 0.25) is 5.91 Å². The van der Waals surface area contributed by atoms with E-state index in [4.69, 9.17) is 10.5 Å². The molecule has 1 rings (SSSR count). The molecule has 100 valence electrons. The second-order valence-corrected chi connectivity index (χ2v) is 4.55. The number of hydrogen-bond acceptors (Lipinski definition) is 3. The van der Waals surface area contributed by atoms with Crippen LogP contribution in [-0.4, -0.2) is 26.6 Å². The van der Waals surface area contributed by atoms with Crippen molar-refractivity contribution in [2.75, 3.05) is 25.6 Å². The Kier molecular flexibility index (Phi) is 5.16. The lowest BCUT2D eigenvalue weighted by Crippen LogP contribution is -2.32. The minimum Gasteiger partial charge on any atom is -0.495 e. The fourth-order valence-corrected chi connectivity index (χ4v) is 1.88. The molecule has 0 aliphatic carbocycles. The first kappa shape index (κ1) is 14.5. The number of carbonyl (C=O) groups excluding carboxylic acids is 1. The molecule has 4 heteroatoms. The highest BCUT2D eigenvalue weighted by atomic mass is 16.5. The zero-order chi connectivity index (χ0) is 13.7. The lowest BCUT2D eigenvalue weighted by molar-refractivity contribution is -0.121. The summed E-state index contributed by atoms with van der Waals surface area (Å²) in [4.78, 5) is 13.9. The maximum absolute atomic E-state index is 12.2. The molecule has 0 saturated heterocycles. The molecule has 1 atom stereocenters. The van der Waals surface area contributed by atoms with Crippen LogP contribution in [0.1, 0.15) is 18.9 Å². The molecular formula is C14H22N2O2. The zero-order valence-electron chi connectivity index (χ0n) is 11.6. The monoisotopic (exact) mass is 250 g/mol. The average molecular weight is 250 g/mol.